The van der Waals surface area contributed by atoms with Crippen molar-refractivity contribution >= 4 is 28.9 Å². The number of hydrogen-bond acceptors (Lipinski definition) is 5. The van der Waals surface area contributed by atoms with Gasteiger partial charge >= 0.3 is 0 Å². The molecule has 8 heteroatoms. The van der Waals surface area contributed by atoms with Crippen LogP contribution in [-0.4, -0.2) is 48.2 Å². The minimum atomic E-state index is -0.350. The maximum Gasteiger partial charge on any atom is 0.223 e. The molecular weight excluding hydrogens is 419 g/mol. The normalized spacial score (nSPS) is 18.4. The molecule has 0 unspecified atom stereocenters. The van der Waals surface area contributed by atoms with E-state index in [4.69, 9.17) is 4.74 Å². The number of ether oxygens (including phenoxy) is 1. The maximum atomic E-state index is 14.2. The number of nitrogens with zero attached hydrogens (tertiary/aromatic N) is 1. The second-order valence-corrected chi connectivity index (χ2v) is 9.21. The van der Waals surface area contributed by atoms with Crippen molar-refractivity contribution < 1.29 is 23.5 Å². The molecule has 164 valence electrons. The van der Waals surface area contributed by atoms with Gasteiger partial charge in [-0.05, 0) is 44.0 Å². The number of benzene rings is 1. The topological polar surface area (TPSA) is 75.7 Å². The maximum absolute atomic E-state index is 14.2. The Kier molecular flexibility index (Phi) is 6.09. The second-order valence-electron chi connectivity index (χ2n) is 8.13. The first-order chi connectivity index (χ1) is 14.8. The van der Waals surface area contributed by atoms with Crippen LogP contribution in [0.1, 0.15) is 41.9 Å². The number of carbonyl (C=O) groups is 3. The third kappa shape index (κ3) is 4.63. The van der Waals surface area contributed by atoms with Crippen molar-refractivity contribution in [3.63, 3.8) is 0 Å². The van der Waals surface area contributed by atoms with Crippen LogP contribution in [0, 0.1) is 11.7 Å². The van der Waals surface area contributed by atoms with Crippen molar-refractivity contribution in [3.8, 4) is 16.2 Å². The molecule has 1 atom stereocenters. The Morgan fingerprint density at radius 2 is 1.94 bits per heavy atom. The number of carbonyl (C=O) groups excluding carboxylic acids is 3. The third-order valence-electron chi connectivity index (χ3n) is 5.90. The molecule has 2 amide bonds. The van der Waals surface area contributed by atoms with E-state index in [0.29, 0.717) is 55.1 Å². The highest BCUT2D eigenvalue weighted by molar-refractivity contribution is 7.17. The predicted octanol–water partition coefficient (Wildman–Crippen LogP) is 3.44. The number of hydrogen-bond donors (Lipinski definition) is 1. The van der Waals surface area contributed by atoms with Crippen molar-refractivity contribution in [2.45, 2.75) is 39.2 Å². The summed E-state index contributed by atoms with van der Waals surface area (Å²) in [6, 6.07) is 6.45. The number of fused-ring (bicyclic) bond motifs is 1. The van der Waals surface area contributed by atoms with Crippen LogP contribution in [0.25, 0.3) is 10.4 Å². The van der Waals surface area contributed by atoms with Gasteiger partial charge in [-0.2, -0.15) is 0 Å². The zero-order valence-electron chi connectivity index (χ0n) is 17.6. The Morgan fingerprint density at radius 3 is 2.58 bits per heavy atom. The van der Waals surface area contributed by atoms with Gasteiger partial charge in [0, 0.05) is 48.4 Å². The Labute approximate surface area is 184 Å². The SMILES string of the molecule is CC(=O)c1ccc(-c2cc(F)cc3c2O[C@H](CNC(=O)C2CCN(C(C)=O)CC2)C3)s1. The molecule has 1 fully saturated rings. The highest BCUT2D eigenvalue weighted by Gasteiger charge is 2.30. The minimum Gasteiger partial charge on any atom is -0.487 e. The zero-order valence-corrected chi connectivity index (χ0v) is 18.4. The zero-order chi connectivity index (χ0) is 22.1. The molecule has 31 heavy (non-hydrogen) atoms. The van der Waals surface area contributed by atoms with E-state index in [1.165, 1.54) is 30.4 Å². The Hall–Kier alpha value is -2.74. The van der Waals surface area contributed by atoms with E-state index in [1.807, 2.05) is 6.07 Å². The highest BCUT2D eigenvalue weighted by Crippen LogP contribution is 2.42. The van der Waals surface area contributed by atoms with Gasteiger partial charge in [0.1, 0.15) is 17.7 Å². The first-order valence-corrected chi connectivity index (χ1v) is 11.3. The van der Waals surface area contributed by atoms with Crippen LogP contribution in [0.3, 0.4) is 0 Å². The number of nitrogens with one attached hydrogen (secondary N) is 1. The molecule has 6 nitrogen and oxygen atoms in total. The average Bonchev–Trinajstić information content (AvgIpc) is 3.38. The Bertz CT molecular complexity index is 1030. The molecule has 0 aliphatic carbocycles. The molecule has 0 saturated carbocycles. The summed E-state index contributed by atoms with van der Waals surface area (Å²) in [6.45, 7) is 4.59. The molecule has 1 N–H and O–H groups in total. The van der Waals surface area contributed by atoms with E-state index in [-0.39, 0.29) is 35.4 Å². The van der Waals surface area contributed by atoms with Crippen molar-refractivity contribution in [1.82, 2.24) is 10.2 Å². The lowest BCUT2D eigenvalue weighted by molar-refractivity contribution is -0.134. The van der Waals surface area contributed by atoms with E-state index in [1.54, 1.807) is 17.9 Å². The van der Waals surface area contributed by atoms with Crippen LogP contribution in [-0.2, 0) is 16.0 Å². The van der Waals surface area contributed by atoms with E-state index >= 15 is 0 Å². The minimum absolute atomic E-state index is 0.0278. The molecule has 0 bridgehead atoms. The first kappa shape index (κ1) is 21.5. The summed E-state index contributed by atoms with van der Waals surface area (Å²) in [5.74, 6) is 0.145. The van der Waals surface area contributed by atoms with Gasteiger partial charge in [0.2, 0.25) is 11.8 Å². The van der Waals surface area contributed by atoms with Crippen LogP contribution in [0.2, 0.25) is 0 Å². The predicted molar refractivity (Wildman–Crippen MR) is 116 cm³/mol. The van der Waals surface area contributed by atoms with Crippen LogP contribution in [0.15, 0.2) is 24.3 Å². The molecule has 1 aromatic carbocycles. The van der Waals surface area contributed by atoms with E-state index in [9.17, 15) is 18.8 Å². The van der Waals surface area contributed by atoms with Gasteiger partial charge in [0.05, 0.1) is 11.4 Å². The van der Waals surface area contributed by atoms with E-state index in [2.05, 4.69) is 5.32 Å². The smallest absolute Gasteiger partial charge is 0.223 e. The number of rotatable bonds is 5. The lowest BCUT2D eigenvalue weighted by atomic mass is 9.96. The largest absolute Gasteiger partial charge is 0.487 e. The summed E-state index contributed by atoms with van der Waals surface area (Å²) in [5.41, 5.74) is 1.40. The summed E-state index contributed by atoms with van der Waals surface area (Å²) < 4.78 is 20.3. The molecule has 2 aromatic rings. The number of amides is 2. The van der Waals surface area contributed by atoms with Crippen molar-refractivity contribution in [1.29, 1.82) is 0 Å². The lowest BCUT2D eigenvalue weighted by Crippen LogP contribution is -2.44. The summed E-state index contributed by atoms with van der Waals surface area (Å²) in [6.07, 6.45) is 1.55. The van der Waals surface area contributed by atoms with Gasteiger partial charge in [-0.3, -0.25) is 14.4 Å². The number of ketones is 1. The fraction of sp³-hybridized carbons (Fsp3) is 0.435. The molecule has 4 rings (SSSR count). The van der Waals surface area contributed by atoms with Gasteiger partial charge in [0.15, 0.2) is 5.78 Å². The van der Waals surface area contributed by atoms with Gasteiger partial charge in [-0.25, -0.2) is 4.39 Å². The Balaban J connectivity index is 1.39. The molecule has 2 aliphatic rings. The molecule has 2 aliphatic heterocycles. The summed E-state index contributed by atoms with van der Waals surface area (Å²) in [7, 11) is 0. The molecular formula is C23H25FN2O4S. The summed E-state index contributed by atoms with van der Waals surface area (Å²) in [5, 5.41) is 2.96. The highest BCUT2D eigenvalue weighted by atomic mass is 32.1. The van der Waals surface area contributed by atoms with Gasteiger partial charge in [-0.15, -0.1) is 11.3 Å². The molecule has 0 radical (unpaired) electrons. The van der Waals surface area contributed by atoms with Gasteiger partial charge in [0.25, 0.3) is 0 Å². The van der Waals surface area contributed by atoms with Gasteiger partial charge < -0.3 is 15.0 Å². The number of likely N-dealkylation sites (tertiary alicyclic amines) is 1. The fourth-order valence-electron chi connectivity index (χ4n) is 4.18. The van der Waals surface area contributed by atoms with E-state index in [0.717, 1.165) is 10.4 Å². The monoisotopic (exact) mass is 444 g/mol. The van der Waals surface area contributed by atoms with Crippen LogP contribution in [0.5, 0.6) is 5.75 Å². The average molecular weight is 445 g/mol. The Morgan fingerprint density at radius 1 is 1.19 bits per heavy atom. The lowest BCUT2D eigenvalue weighted by Gasteiger charge is -2.30. The molecule has 0 spiro atoms. The summed E-state index contributed by atoms with van der Waals surface area (Å²) >= 11 is 1.32. The second kappa shape index (κ2) is 8.78. The summed E-state index contributed by atoms with van der Waals surface area (Å²) in [4.78, 5) is 38.8. The number of halogens is 1. The number of Topliss-reactive ketones (excluding diaryl/α,β-unsaturated/α-hetero) is 1. The van der Waals surface area contributed by atoms with Gasteiger partial charge in [-0.1, -0.05) is 0 Å². The number of thiophene rings is 1. The fourth-order valence-corrected chi connectivity index (χ4v) is 5.09. The van der Waals surface area contributed by atoms with Crippen LogP contribution < -0.4 is 10.1 Å². The third-order valence-corrected chi connectivity index (χ3v) is 7.12. The molecule has 1 saturated heterocycles. The standard InChI is InChI=1S/C23H25FN2O4S/c1-13(27)20-3-4-21(31-20)19-11-17(24)9-16-10-18(30-22(16)19)12-25-23(29)15-5-7-26(8-6-15)14(2)28/h3-4,9,11,15,18H,5-8,10,12H2,1-2H3,(H,25,29)/t18-/m0/s1. The molecule has 3 heterocycles. The van der Waals surface area contributed by atoms with Crippen LogP contribution >= 0.6 is 11.3 Å². The molecule has 1 aromatic heterocycles. The van der Waals surface area contributed by atoms with E-state index < -0.39 is 0 Å². The number of piperidine rings is 1. The van der Waals surface area contributed by atoms with Crippen molar-refractivity contribution in [3.05, 3.63) is 40.5 Å². The first-order valence-electron chi connectivity index (χ1n) is 10.4. The quantitative estimate of drug-likeness (QED) is 0.717. The van der Waals surface area contributed by atoms with Crippen molar-refractivity contribution in [2.24, 2.45) is 5.92 Å². The van der Waals surface area contributed by atoms with Crippen LogP contribution in [0.4, 0.5) is 4.39 Å². The van der Waals surface area contributed by atoms with Crippen molar-refractivity contribution in [2.75, 3.05) is 19.6 Å².